The molecule has 16 heavy (non-hydrogen) atoms. The molecule has 0 unspecified atom stereocenters. The summed E-state index contributed by atoms with van der Waals surface area (Å²) in [6, 6.07) is 0. The van der Waals surface area contributed by atoms with Crippen molar-refractivity contribution in [2.24, 2.45) is 22.7 Å². The molecule has 0 saturated heterocycles. The lowest BCUT2D eigenvalue weighted by Crippen LogP contribution is -2.63. The molecule has 0 spiro atoms. The summed E-state index contributed by atoms with van der Waals surface area (Å²) in [6.45, 7) is 4.09. The summed E-state index contributed by atoms with van der Waals surface area (Å²) < 4.78 is 9.69. The number of rotatable bonds is 2. The third-order valence-electron chi connectivity index (χ3n) is 4.86. The normalized spacial score (nSPS) is 38.8. The van der Waals surface area contributed by atoms with Crippen molar-refractivity contribution in [1.29, 1.82) is 0 Å². The number of esters is 2. The lowest BCUT2D eigenvalue weighted by Gasteiger charge is -2.57. The summed E-state index contributed by atoms with van der Waals surface area (Å²) in [7, 11) is 2.76. The molecule has 4 heteroatoms. The van der Waals surface area contributed by atoms with E-state index in [9.17, 15) is 9.59 Å². The first kappa shape index (κ1) is 11.4. The molecule has 4 nitrogen and oxygen atoms in total. The fourth-order valence-electron chi connectivity index (χ4n) is 3.95. The molecule has 0 aromatic carbocycles. The third-order valence-corrected chi connectivity index (χ3v) is 4.86. The van der Waals surface area contributed by atoms with Crippen LogP contribution in [-0.4, -0.2) is 26.2 Å². The van der Waals surface area contributed by atoms with Crippen molar-refractivity contribution in [3.05, 3.63) is 0 Å². The zero-order valence-corrected chi connectivity index (χ0v) is 10.2. The Bertz CT molecular complexity index is 347. The SMILES string of the molecule is COC(=O)[C@@H]1[C@H]2CC[C@@]1(C(=O)OC)C2(C)C. The second-order valence-electron chi connectivity index (χ2n) is 5.33. The van der Waals surface area contributed by atoms with E-state index >= 15 is 0 Å². The van der Waals surface area contributed by atoms with Gasteiger partial charge in [0.2, 0.25) is 0 Å². The van der Waals surface area contributed by atoms with Crippen LogP contribution in [0.4, 0.5) is 0 Å². The van der Waals surface area contributed by atoms with Gasteiger partial charge in [0.1, 0.15) is 0 Å². The van der Waals surface area contributed by atoms with Crippen LogP contribution in [0.1, 0.15) is 26.7 Å². The van der Waals surface area contributed by atoms with Gasteiger partial charge in [-0.3, -0.25) is 9.59 Å². The van der Waals surface area contributed by atoms with Crippen molar-refractivity contribution in [3.63, 3.8) is 0 Å². The van der Waals surface area contributed by atoms with Crippen LogP contribution in [0.5, 0.6) is 0 Å². The van der Waals surface area contributed by atoms with Gasteiger partial charge in [-0.15, -0.1) is 0 Å². The van der Waals surface area contributed by atoms with E-state index in [0.29, 0.717) is 0 Å². The van der Waals surface area contributed by atoms with Gasteiger partial charge in [0.05, 0.1) is 25.6 Å². The van der Waals surface area contributed by atoms with Gasteiger partial charge < -0.3 is 9.47 Å². The zero-order chi connectivity index (χ0) is 12.1. The predicted octanol–water partition coefficient (Wildman–Crippen LogP) is 1.38. The molecular formula is C12H18O4. The van der Waals surface area contributed by atoms with Crippen LogP contribution in [0.25, 0.3) is 0 Å². The Morgan fingerprint density at radius 1 is 1.19 bits per heavy atom. The van der Waals surface area contributed by atoms with Gasteiger partial charge in [-0.05, 0) is 24.2 Å². The molecule has 3 aliphatic rings. The summed E-state index contributed by atoms with van der Waals surface area (Å²) in [5.41, 5.74) is -0.807. The smallest absolute Gasteiger partial charge is 0.313 e. The zero-order valence-electron chi connectivity index (χ0n) is 10.2. The van der Waals surface area contributed by atoms with Crippen molar-refractivity contribution in [2.75, 3.05) is 14.2 Å². The topological polar surface area (TPSA) is 52.6 Å². The highest BCUT2D eigenvalue weighted by Gasteiger charge is 2.78. The Morgan fingerprint density at radius 2 is 1.81 bits per heavy atom. The van der Waals surface area contributed by atoms with Gasteiger partial charge in [0.15, 0.2) is 0 Å². The molecule has 3 saturated carbocycles. The van der Waals surface area contributed by atoms with E-state index in [1.807, 2.05) is 13.8 Å². The molecule has 0 radical (unpaired) electrons. The van der Waals surface area contributed by atoms with Crippen LogP contribution in [0.15, 0.2) is 0 Å². The fourth-order valence-corrected chi connectivity index (χ4v) is 3.95. The predicted molar refractivity (Wildman–Crippen MR) is 56.5 cm³/mol. The maximum absolute atomic E-state index is 12.0. The van der Waals surface area contributed by atoms with E-state index in [2.05, 4.69) is 0 Å². The highest BCUT2D eigenvalue weighted by Crippen LogP contribution is 2.74. The number of fused-ring (bicyclic) bond motifs is 1. The lowest BCUT2D eigenvalue weighted by molar-refractivity contribution is -0.204. The molecule has 3 rings (SSSR count). The number of carbonyl (C=O) groups is 2. The Hall–Kier alpha value is -1.06. The Morgan fingerprint density at radius 3 is 2.25 bits per heavy atom. The second-order valence-corrected chi connectivity index (χ2v) is 5.33. The Labute approximate surface area is 95.3 Å². The second kappa shape index (κ2) is 3.22. The minimum Gasteiger partial charge on any atom is -0.469 e. The molecule has 2 bridgehead atoms. The number of ether oxygens (including phenoxy) is 2. The van der Waals surface area contributed by atoms with E-state index in [1.54, 1.807) is 0 Å². The highest BCUT2D eigenvalue weighted by molar-refractivity contribution is 5.90. The van der Waals surface area contributed by atoms with Crippen LogP contribution >= 0.6 is 0 Å². The van der Waals surface area contributed by atoms with Crippen molar-refractivity contribution in [3.8, 4) is 0 Å². The summed E-state index contributed by atoms with van der Waals surface area (Å²) >= 11 is 0. The Balaban J connectivity index is 2.39. The highest BCUT2D eigenvalue weighted by atomic mass is 16.5. The van der Waals surface area contributed by atoms with E-state index in [0.717, 1.165) is 12.8 Å². The van der Waals surface area contributed by atoms with Crippen LogP contribution in [-0.2, 0) is 19.1 Å². The molecule has 0 aromatic heterocycles. The molecule has 0 amide bonds. The van der Waals surface area contributed by atoms with Crippen LogP contribution in [0.3, 0.4) is 0 Å². The summed E-state index contributed by atoms with van der Waals surface area (Å²) in [6.07, 6.45) is 1.64. The first-order valence-electron chi connectivity index (χ1n) is 5.59. The molecule has 0 aliphatic heterocycles. The van der Waals surface area contributed by atoms with Gasteiger partial charge in [-0.25, -0.2) is 0 Å². The standard InChI is InChI=1S/C12H18O4/c1-11(2)7-5-6-12(11,10(14)16-4)8(7)9(13)15-3/h7-8H,5-6H2,1-4H3/t7-,8+,12-/m1/s1. The summed E-state index contributed by atoms with van der Waals surface area (Å²) in [5, 5.41) is 0. The Kier molecular flexibility index (Phi) is 2.30. The van der Waals surface area contributed by atoms with Gasteiger partial charge in [0.25, 0.3) is 0 Å². The van der Waals surface area contributed by atoms with Crippen LogP contribution in [0, 0.1) is 22.7 Å². The van der Waals surface area contributed by atoms with E-state index < -0.39 is 5.41 Å². The van der Waals surface area contributed by atoms with Crippen molar-refractivity contribution < 1.29 is 19.1 Å². The van der Waals surface area contributed by atoms with E-state index in [-0.39, 0.29) is 29.2 Å². The van der Waals surface area contributed by atoms with Gasteiger partial charge in [-0.2, -0.15) is 0 Å². The molecule has 90 valence electrons. The number of carbonyl (C=O) groups excluding carboxylic acids is 2. The van der Waals surface area contributed by atoms with Crippen molar-refractivity contribution >= 4 is 11.9 Å². The van der Waals surface area contributed by atoms with Crippen molar-refractivity contribution in [1.82, 2.24) is 0 Å². The molecular weight excluding hydrogens is 208 g/mol. The lowest BCUT2D eigenvalue weighted by atomic mass is 9.44. The molecule has 0 heterocycles. The monoisotopic (exact) mass is 226 g/mol. The average molecular weight is 226 g/mol. The molecule has 3 aliphatic carbocycles. The number of methoxy groups -OCH3 is 2. The molecule has 0 N–H and O–H groups in total. The molecule has 3 atom stereocenters. The number of hydrogen-bond donors (Lipinski definition) is 0. The van der Waals surface area contributed by atoms with Gasteiger partial charge in [-0.1, -0.05) is 13.8 Å². The molecule has 3 fully saturated rings. The van der Waals surface area contributed by atoms with Crippen molar-refractivity contribution in [2.45, 2.75) is 26.7 Å². The first-order chi connectivity index (χ1) is 7.43. The van der Waals surface area contributed by atoms with Gasteiger partial charge >= 0.3 is 11.9 Å². The van der Waals surface area contributed by atoms with E-state index in [1.165, 1.54) is 14.2 Å². The quantitative estimate of drug-likeness (QED) is 0.667. The maximum atomic E-state index is 12.0. The fraction of sp³-hybridized carbons (Fsp3) is 0.833. The van der Waals surface area contributed by atoms with Gasteiger partial charge in [0, 0.05) is 0 Å². The molecule has 0 aromatic rings. The van der Waals surface area contributed by atoms with E-state index in [4.69, 9.17) is 9.47 Å². The first-order valence-corrected chi connectivity index (χ1v) is 5.59. The summed E-state index contributed by atoms with van der Waals surface area (Å²) in [5.74, 6) is -0.590. The minimum atomic E-state index is -0.653. The largest absolute Gasteiger partial charge is 0.469 e. The summed E-state index contributed by atoms with van der Waals surface area (Å²) in [4.78, 5) is 23.7. The van der Waals surface area contributed by atoms with Crippen LogP contribution < -0.4 is 0 Å². The number of hydrogen-bond acceptors (Lipinski definition) is 4. The maximum Gasteiger partial charge on any atom is 0.313 e. The van der Waals surface area contributed by atoms with Crippen LogP contribution in [0.2, 0.25) is 0 Å². The average Bonchev–Trinajstić information content (AvgIpc) is 2.80. The minimum absolute atomic E-state index is 0.154. The third kappa shape index (κ3) is 0.955.